The fourth-order valence-electron chi connectivity index (χ4n) is 1.92. The second-order valence-corrected chi connectivity index (χ2v) is 6.16. The average Bonchev–Trinajstić information content (AvgIpc) is 2.53. The molecule has 126 valence electrons. The van der Waals surface area contributed by atoms with Crippen LogP contribution in [0.3, 0.4) is 0 Å². The van der Waals surface area contributed by atoms with E-state index in [1.54, 1.807) is 24.3 Å². The first-order chi connectivity index (χ1) is 11.3. The Labute approximate surface area is 140 Å². The third-order valence-corrected chi connectivity index (χ3v) is 2.98. The summed E-state index contributed by atoms with van der Waals surface area (Å²) in [6.07, 6.45) is 2.86. The van der Waals surface area contributed by atoms with Crippen LogP contribution in [-0.4, -0.2) is 34.5 Å². The lowest BCUT2D eigenvalue weighted by Crippen LogP contribution is -2.40. The summed E-state index contributed by atoms with van der Waals surface area (Å²) in [5.41, 5.74) is 0.916. The number of anilines is 2. The molecule has 1 heterocycles. The molecular formula is C17H20N4O3. The van der Waals surface area contributed by atoms with Crippen LogP contribution >= 0.6 is 0 Å². The number of methoxy groups -OCH3 is 1. The van der Waals surface area contributed by atoms with Crippen molar-refractivity contribution < 1.29 is 14.3 Å². The average molecular weight is 328 g/mol. The van der Waals surface area contributed by atoms with Gasteiger partial charge in [0.25, 0.3) is 5.91 Å². The van der Waals surface area contributed by atoms with Crippen LogP contribution in [-0.2, 0) is 4.74 Å². The Morgan fingerprint density at radius 2 is 1.71 bits per heavy atom. The molecule has 2 aromatic rings. The van der Waals surface area contributed by atoms with E-state index < -0.39 is 5.97 Å². The highest BCUT2D eigenvalue weighted by Gasteiger charge is 2.16. The maximum atomic E-state index is 12.0. The van der Waals surface area contributed by atoms with Gasteiger partial charge in [0.15, 0.2) is 0 Å². The van der Waals surface area contributed by atoms with Crippen molar-refractivity contribution in [2.24, 2.45) is 0 Å². The number of benzene rings is 1. The SMILES string of the molecule is COC(=O)c1ccccc1Nc1ncc(C(=O)NC(C)(C)C)cn1. The van der Waals surface area contributed by atoms with E-state index in [0.717, 1.165) is 0 Å². The number of hydrogen-bond donors (Lipinski definition) is 2. The topological polar surface area (TPSA) is 93.2 Å². The molecule has 0 atom stereocenters. The van der Waals surface area contributed by atoms with E-state index in [1.807, 2.05) is 20.8 Å². The zero-order valence-electron chi connectivity index (χ0n) is 14.1. The van der Waals surface area contributed by atoms with Gasteiger partial charge in [-0.15, -0.1) is 0 Å². The van der Waals surface area contributed by atoms with Gasteiger partial charge in [0.05, 0.1) is 23.9 Å². The fraction of sp³-hybridized carbons (Fsp3) is 0.294. The molecule has 1 aromatic carbocycles. The largest absolute Gasteiger partial charge is 0.465 e. The van der Waals surface area contributed by atoms with Crippen molar-refractivity contribution >= 4 is 23.5 Å². The van der Waals surface area contributed by atoms with E-state index in [-0.39, 0.29) is 17.4 Å². The standard InChI is InChI=1S/C17H20N4O3/c1-17(2,3)21-14(22)11-9-18-16(19-10-11)20-13-8-6-5-7-12(13)15(23)24-4/h5-10H,1-4H3,(H,21,22)(H,18,19,20). The minimum Gasteiger partial charge on any atom is -0.465 e. The number of esters is 1. The molecule has 0 aliphatic heterocycles. The number of amides is 1. The molecule has 7 heteroatoms. The van der Waals surface area contributed by atoms with Crippen molar-refractivity contribution in [3.63, 3.8) is 0 Å². The predicted octanol–water partition coefficient (Wildman–Crippen LogP) is 2.54. The molecule has 0 bridgehead atoms. The number of carbonyl (C=O) groups excluding carboxylic acids is 2. The molecule has 2 rings (SSSR count). The first-order valence-corrected chi connectivity index (χ1v) is 7.39. The summed E-state index contributed by atoms with van der Waals surface area (Å²) in [5, 5.41) is 5.78. The number of rotatable bonds is 4. The number of carbonyl (C=O) groups is 2. The molecular weight excluding hydrogens is 308 g/mol. The van der Waals surface area contributed by atoms with Crippen LogP contribution in [0, 0.1) is 0 Å². The summed E-state index contributed by atoms with van der Waals surface area (Å²) in [7, 11) is 1.32. The molecule has 0 radical (unpaired) electrons. The summed E-state index contributed by atoms with van der Waals surface area (Å²) < 4.78 is 4.74. The highest BCUT2D eigenvalue weighted by Crippen LogP contribution is 2.19. The molecule has 1 aromatic heterocycles. The van der Waals surface area contributed by atoms with E-state index in [0.29, 0.717) is 16.8 Å². The third kappa shape index (κ3) is 4.52. The van der Waals surface area contributed by atoms with E-state index in [1.165, 1.54) is 19.5 Å². The zero-order chi connectivity index (χ0) is 17.7. The molecule has 0 saturated heterocycles. The Balaban J connectivity index is 2.16. The molecule has 2 N–H and O–H groups in total. The van der Waals surface area contributed by atoms with E-state index in [4.69, 9.17) is 4.74 Å². The Bertz CT molecular complexity index is 736. The maximum Gasteiger partial charge on any atom is 0.339 e. The van der Waals surface area contributed by atoms with Crippen LogP contribution in [0.1, 0.15) is 41.5 Å². The molecule has 24 heavy (non-hydrogen) atoms. The van der Waals surface area contributed by atoms with Crippen LogP contribution in [0.15, 0.2) is 36.7 Å². The fourth-order valence-corrected chi connectivity index (χ4v) is 1.92. The molecule has 0 saturated carbocycles. The molecule has 1 amide bonds. The quantitative estimate of drug-likeness (QED) is 0.838. The van der Waals surface area contributed by atoms with E-state index in [2.05, 4.69) is 20.6 Å². The third-order valence-electron chi connectivity index (χ3n) is 2.98. The first kappa shape index (κ1) is 17.4. The number of nitrogens with one attached hydrogen (secondary N) is 2. The lowest BCUT2D eigenvalue weighted by Gasteiger charge is -2.20. The van der Waals surface area contributed by atoms with Gasteiger partial charge < -0.3 is 15.4 Å². The predicted molar refractivity (Wildman–Crippen MR) is 90.3 cm³/mol. The van der Waals surface area contributed by atoms with Crippen molar-refractivity contribution in [2.45, 2.75) is 26.3 Å². The summed E-state index contributed by atoms with van der Waals surface area (Å²) in [6.45, 7) is 5.68. The lowest BCUT2D eigenvalue weighted by molar-refractivity contribution is 0.0601. The van der Waals surface area contributed by atoms with Crippen LogP contribution in [0.4, 0.5) is 11.6 Å². The number of para-hydroxylation sites is 1. The van der Waals surface area contributed by atoms with Crippen molar-refractivity contribution in [2.75, 3.05) is 12.4 Å². The van der Waals surface area contributed by atoms with Gasteiger partial charge in [-0.3, -0.25) is 4.79 Å². The van der Waals surface area contributed by atoms with Crippen molar-refractivity contribution in [1.29, 1.82) is 0 Å². The van der Waals surface area contributed by atoms with Gasteiger partial charge in [-0.1, -0.05) is 12.1 Å². The van der Waals surface area contributed by atoms with Gasteiger partial charge in [0.2, 0.25) is 5.95 Å². The molecule has 0 aliphatic carbocycles. The number of ether oxygens (including phenoxy) is 1. The lowest BCUT2D eigenvalue weighted by atomic mass is 10.1. The van der Waals surface area contributed by atoms with Gasteiger partial charge in [-0.05, 0) is 32.9 Å². The molecule has 0 aliphatic rings. The van der Waals surface area contributed by atoms with Crippen LogP contribution in [0.2, 0.25) is 0 Å². The van der Waals surface area contributed by atoms with Gasteiger partial charge >= 0.3 is 5.97 Å². The summed E-state index contributed by atoms with van der Waals surface area (Å²) in [5.74, 6) is -0.429. The Hall–Kier alpha value is -2.96. The van der Waals surface area contributed by atoms with Crippen LogP contribution in [0.5, 0.6) is 0 Å². The van der Waals surface area contributed by atoms with Gasteiger partial charge in [0, 0.05) is 17.9 Å². The minimum atomic E-state index is -0.459. The summed E-state index contributed by atoms with van der Waals surface area (Å²) >= 11 is 0. The van der Waals surface area contributed by atoms with Gasteiger partial charge in [0.1, 0.15) is 0 Å². The van der Waals surface area contributed by atoms with E-state index in [9.17, 15) is 9.59 Å². The first-order valence-electron chi connectivity index (χ1n) is 7.39. The second kappa shape index (κ2) is 7.08. The van der Waals surface area contributed by atoms with Crippen molar-refractivity contribution in [1.82, 2.24) is 15.3 Å². The minimum absolute atomic E-state index is 0.246. The maximum absolute atomic E-state index is 12.0. The monoisotopic (exact) mass is 328 g/mol. The van der Waals surface area contributed by atoms with Crippen molar-refractivity contribution in [3.8, 4) is 0 Å². The van der Waals surface area contributed by atoms with E-state index >= 15 is 0 Å². The van der Waals surface area contributed by atoms with Gasteiger partial charge in [-0.2, -0.15) is 0 Å². The molecule has 7 nitrogen and oxygen atoms in total. The van der Waals surface area contributed by atoms with Crippen LogP contribution < -0.4 is 10.6 Å². The second-order valence-electron chi connectivity index (χ2n) is 6.16. The summed E-state index contributed by atoms with van der Waals surface area (Å²) in [4.78, 5) is 32.0. The number of hydrogen-bond acceptors (Lipinski definition) is 6. The Morgan fingerprint density at radius 3 is 2.29 bits per heavy atom. The molecule has 0 fully saturated rings. The zero-order valence-corrected chi connectivity index (χ0v) is 14.1. The Kier molecular flexibility index (Phi) is 5.13. The Morgan fingerprint density at radius 1 is 1.08 bits per heavy atom. The van der Waals surface area contributed by atoms with Crippen molar-refractivity contribution in [3.05, 3.63) is 47.8 Å². The highest BCUT2D eigenvalue weighted by atomic mass is 16.5. The smallest absolute Gasteiger partial charge is 0.339 e. The number of nitrogens with zero attached hydrogens (tertiary/aromatic N) is 2. The molecule has 0 spiro atoms. The highest BCUT2D eigenvalue weighted by molar-refractivity contribution is 5.96. The normalized spacial score (nSPS) is 10.8. The summed E-state index contributed by atoms with van der Waals surface area (Å²) in [6, 6.07) is 6.87. The number of aromatic nitrogens is 2. The van der Waals surface area contributed by atoms with Gasteiger partial charge in [-0.25, -0.2) is 14.8 Å². The molecule has 0 unspecified atom stereocenters. The van der Waals surface area contributed by atoms with Crippen LogP contribution in [0.25, 0.3) is 0 Å².